The minimum absolute atomic E-state index is 0.857. The molecule has 36 heavy (non-hydrogen) atoms. The van der Waals surface area contributed by atoms with E-state index in [4.69, 9.17) is 9.40 Å². The van der Waals surface area contributed by atoms with Gasteiger partial charge in [0.25, 0.3) is 0 Å². The molecule has 0 saturated carbocycles. The summed E-state index contributed by atoms with van der Waals surface area (Å²) in [5, 5.41) is 4.48. The Hall–Kier alpha value is -4.76. The van der Waals surface area contributed by atoms with Crippen molar-refractivity contribution >= 4 is 32.7 Å². The number of aryl methyl sites for hydroxylation is 1. The van der Waals surface area contributed by atoms with Crippen molar-refractivity contribution in [2.75, 3.05) is 0 Å². The van der Waals surface area contributed by atoms with Gasteiger partial charge in [-0.1, -0.05) is 72.8 Å². The number of aromatic nitrogens is 2. The zero-order chi connectivity index (χ0) is 24.1. The van der Waals surface area contributed by atoms with Crippen molar-refractivity contribution in [3.8, 4) is 33.5 Å². The summed E-state index contributed by atoms with van der Waals surface area (Å²) in [6, 6.07) is 33.7. The average molecular weight is 463 g/mol. The van der Waals surface area contributed by atoms with E-state index >= 15 is 0 Å². The van der Waals surface area contributed by atoms with Crippen molar-refractivity contribution in [1.82, 2.24) is 9.97 Å². The molecule has 3 heterocycles. The molecule has 0 fully saturated rings. The lowest BCUT2D eigenvalue weighted by Gasteiger charge is -2.10. The Bertz CT molecular complexity index is 1900. The van der Waals surface area contributed by atoms with Gasteiger partial charge in [-0.25, -0.2) is 0 Å². The average Bonchev–Trinajstić information content (AvgIpc) is 3.32. The molecule has 7 rings (SSSR count). The third-order valence-corrected chi connectivity index (χ3v) is 6.97. The summed E-state index contributed by atoms with van der Waals surface area (Å²) in [6.45, 7) is 2.14. The van der Waals surface area contributed by atoms with E-state index in [0.29, 0.717) is 0 Å². The highest BCUT2D eigenvalue weighted by molar-refractivity contribution is 6.15. The van der Waals surface area contributed by atoms with E-state index in [9.17, 15) is 0 Å². The maximum atomic E-state index is 6.74. The first-order chi connectivity index (χ1) is 17.8. The van der Waals surface area contributed by atoms with Gasteiger partial charge in [-0.05, 0) is 58.8 Å². The number of furan rings is 1. The Morgan fingerprint density at radius 3 is 2.36 bits per heavy atom. The standard InChI is InChI=1S/C33H22N2O/c1-21-13-14-27-26-11-6-12-28(30-19-24(16-18-35-30)22-7-3-2-4-8-22)32(26)36-33(27)31(21)25-10-5-9-23-15-17-34-20-29(23)25/h2-20H,1H3. The van der Waals surface area contributed by atoms with E-state index in [0.717, 1.165) is 60.7 Å². The van der Waals surface area contributed by atoms with Crippen LogP contribution in [0.1, 0.15) is 5.56 Å². The molecule has 170 valence electrons. The summed E-state index contributed by atoms with van der Waals surface area (Å²) in [4.78, 5) is 9.13. The van der Waals surface area contributed by atoms with Crippen LogP contribution in [0.3, 0.4) is 0 Å². The first-order valence-electron chi connectivity index (χ1n) is 12.1. The summed E-state index contributed by atoms with van der Waals surface area (Å²) < 4.78 is 6.74. The minimum Gasteiger partial charge on any atom is -0.455 e. The van der Waals surface area contributed by atoms with Gasteiger partial charge in [-0.15, -0.1) is 0 Å². The largest absolute Gasteiger partial charge is 0.455 e. The lowest BCUT2D eigenvalue weighted by molar-refractivity contribution is 0.670. The molecule has 4 aromatic carbocycles. The second-order valence-electron chi connectivity index (χ2n) is 9.12. The highest BCUT2D eigenvalue weighted by Crippen LogP contribution is 2.42. The quantitative estimate of drug-likeness (QED) is 0.263. The van der Waals surface area contributed by atoms with Crippen molar-refractivity contribution in [3.63, 3.8) is 0 Å². The molecule has 0 saturated heterocycles. The van der Waals surface area contributed by atoms with Crippen LogP contribution in [0.4, 0.5) is 0 Å². The summed E-state index contributed by atoms with van der Waals surface area (Å²) in [5.41, 5.74) is 9.35. The van der Waals surface area contributed by atoms with Gasteiger partial charge in [0.2, 0.25) is 0 Å². The predicted molar refractivity (Wildman–Crippen MR) is 148 cm³/mol. The van der Waals surface area contributed by atoms with E-state index in [2.05, 4.69) is 96.8 Å². The van der Waals surface area contributed by atoms with Gasteiger partial charge >= 0.3 is 0 Å². The highest BCUT2D eigenvalue weighted by atomic mass is 16.3. The monoisotopic (exact) mass is 462 g/mol. The van der Waals surface area contributed by atoms with Crippen molar-refractivity contribution in [3.05, 3.63) is 121 Å². The molecule has 7 aromatic rings. The molecule has 0 atom stereocenters. The Labute approximate surface area is 208 Å². The van der Waals surface area contributed by atoms with E-state index in [-0.39, 0.29) is 0 Å². The lowest BCUT2D eigenvalue weighted by atomic mass is 9.94. The fourth-order valence-electron chi connectivity index (χ4n) is 5.22. The van der Waals surface area contributed by atoms with Gasteiger partial charge in [0.05, 0.1) is 5.69 Å². The van der Waals surface area contributed by atoms with Gasteiger partial charge in [0, 0.05) is 45.9 Å². The Balaban J connectivity index is 1.49. The zero-order valence-electron chi connectivity index (χ0n) is 19.8. The fourth-order valence-corrected chi connectivity index (χ4v) is 5.22. The third kappa shape index (κ3) is 3.21. The number of hydrogen-bond acceptors (Lipinski definition) is 3. The Morgan fingerprint density at radius 2 is 1.44 bits per heavy atom. The molecule has 0 unspecified atom stereocenters. The zero-order valence-corrected chi connectivity index (χ0v) is 19.8. The predicted octanol–water partition coefficient (Wildman–Crippen LogP) is 8.84. The van der Waals surface area contributed by atoms with E-state index in [1.807, 2.05) is 30.7 Å². The number of pyridine rings is 2. The van der Waals surface area contributed by atoms with Crippen LogP contribution in [-0.2, 0) is 0 Å². The first kappa shape index (κ1) is 20.6. The highest BCUT2D eigenvalue weighted by Gasteiger charge is 2.19. The van der Waals surface area contributed by atoms with E-state index in [1.165, 1.54) is 11.1 Å². The maximum absolute atomic E-state index is 6.74. The van der Waals surface area contributed by atoms with Crippen LogP contribution >= 0.6 is 0 Å². The third-order valence-electron chi connectivity index (χ3n) is 6.97. The number of hydrogen-bond donors (Lipinski definition) is 0. The van der Waals surface area contributed by atoms with Crippen LogP contribution < -0.4 is 0 Å². The van der Waals surface area contributed by atoms with E-state index in [1.54, 1.807) is 0 Å². The van der Waals surface area contributed by atoms with E-state index < -0.39 is 0 Å². The number of rotatable bonds is 3. The smallest absolute Gasteiger partial charge is 0.144 e. The molecule has 0 aliphatic rings. The summed E-state index contributed by atoms with van der Waals surface area (Å²) in [6.07, 6.45) is 5.65. The molecule has 0 amide bonds. The van der Waals surface area contributed by atoms with Gasteiger partial charge in [-0.3, -0.25) is 9.97 Å². The molecule has 0 radical (unpaired) electrons. The minimum atomic E-state index is 0.857. The number of benzene rings is 4. The van der Waals surface area contributed by atoms with Gasteiger partial charge in [-0.2, -0.15) is 0 Å². The molecule has 3 heteroatoms. The van der Waals surface area contributed by atoms with Crippen molar-refractivity contribution in [2.45, 2.75) is 6.92 Å². The molecular formula is C33H22N2O. The van der Waals surface area contributed by atoms with Crippen LogP contribution in [0, 0.1) is 6.92 Å². The summed E-state index contributed by atoms with van der Waals surface area (Å²) in [7, 11) is 0. The fraction of sp³-hybridized carbons (Fsp3) is 0.0303. The molecule has 0 aliphatic carbocycles. The second kappa shape index (κ2) is 8.17. The first-order valence-corrected chi connectivity index (χ1v) is 12.1. The number of fused-ring (bicyclic) bond motifs is 4. The molecule has 0 aliphatic heterocycles. The lowest BCUT2D eigenvalue weighted by Crippen LogP contribution is -1.87. The van der Waals surface area contributed by atoms with Crippen LogP contribution in [0.25, 0.3) is 66.2 Å². The van der Waals surface area contributed by atoms with Crippen LogP contribution in [0.15, 0.2) is 120 Å². The molecule has 3 nitrogen and oxygen atoms in total. The van der Waals surface area contributed by atoms with Crippen molar-refractivity contribution in [1.29, 1.82) is 0 Å². The molecule has 0 bridgehead atoms. The molecule has 0 spiro atoms. The normalized spacial score (nSPS) is 11.5. The summed E-state index contributed by atoms with van der Waals surface area (Å²) in [5.74, 6) is 0. The van der Waals surface area contributed by atoms with Crippen molar-refractivity contribution < 1.29 is 4.42 Å². The molecule has 3 aromatic heterocycles. The van der Waals surface area contributed by atoms with Crippen LogP contribution in [0.2, 0.25) is 0 Å². The van der Waals surface area contributed by atoms with Crippen LogP contribution in [0.5, 0.6) is 0 Å². The number of para-hydroxylation sites is 1. The van der Waals surface area contributed by atoms with Gasteiger partial charge in [0.15, 0.2) is 0 Å². The van der Waals surface area contributed by atoms with Gasteiger partial charge in [0.1, 0.15) is 11.2 Å². The van der Waals surface area contributed by atoms with Gasteiger partial charge < -0.3 is 4.42 Å². The number of nitrogens with zero attached hydrogens (tertiary/aromatic N) is 2. The Kier molecular flexibility index (Phi) is 4.68. The van der Waals surface area contributed by atoms with Crippen LogP contribution in [-0.4, -0.2) is 9.97 Å². The topological polar surface area (TPSA) is 38.9 Å². The molecular weight excluding hydrogens is 440 g/mol. The molecule has 0 N–H and O–H groups in total. The van der Waals surface area contributed by atoms with Crippen molar-refractivity contribution in [2.24, 2.45) is 0 Å². The SMILES string of the molecule is Cc1ccc2c(oc3c(-c4cc(-c5ccccc5)ccn4)cccc32)c1-c1cccc2ccncc12. The maximum Gasteiger partial charge on any atom is 0.144 e. The Morgan fingerprint density at radius 1 is 0.611 bits per heavy atom. The summed E-state index contributed by atoms with van der Waals surface area (Å²) >= 11 is 0. The second-order valence-corrected chi connectivity index (χ2v) is 9.12.